The van der Waals surface area contributed by atoms with Gasteiger partial charge in [0.1, 0.15) is 0 Å². The molecule has 0 aromatic heterocycles. The minimum Gasteiger partial charge on any atom is -0.394 e. The molecule has 0 amide bonds. The highest BCUT2D eigenvalue weighted by molar-refractivity contribution is 4.94. The second kappa shape index (κ2) is 6.33. The van der Waals surface area contributed by atoms with Gasteiger partial charge in [-0.25, -0.2) is 0 Å². The molecule has 1 heterocycles. The molecule has 2 aliphatic rings. The van der Waals surface area contributed by atoms with E-state index in [0.717, 1.165) is 13.1 Å². The Hall–Kier alpha value is -0.160. The summed E-state index contributed by atoms with van der Waals surface area (Å²) in [6.07, 6.45) is 5.27. The molecule has 0 aromatic rings. The molecule has 4 nitrogen and oxygen atoms in total. The highest BCUT2D eigenvalue weighted by atomic mass is 16.3. The minimum absolute atomic E-state index is 0.138. The molecule has 1 saturated carbocycles. The number of aliphatic hydroxyl groups is 1. The first kappa shape index (κ1) is 14.3. The smallest absolute Gasteiger partial charge is 0.0623 e. The Bertz CT molecular complexity index is 251. The average Bonchev–Trinajstić information content (AvgIpc) is 2.98. The van der Waals surface area contributed by atoms with Gasteiger partial charge in [-0.2, -0.15) is 0 Å². The van der Waals surface area contributed by atoms with Crippen molar-refractivity contribution < 1.29 is 5.11 Å². The Kier molecular flexibility index (Phi) is 5.01. The molecule has 106 valence electrons. The van der Waals surface area contributed by atoms with E-state index in [0.29, 0.717) is 6.04 Å². The number of nitrogens with one attached hydrogen (secondary N) is 1. The fourth-order valence-corrected chi connectivity index (χ4v) is 2.85. The lowest BCUT2D eigenvalue weighted by atomic mass is 10.0. The van der Waals surface area contributed by atoms with Crippen LogP contribution in [-0.4, -0.2) is 72.9 Å². The molecule has 2 fully saturated rings. The standard InChI is InChI=1S/C14H29N3O/c1-14(12-18,15-13-5-6-13)11-16(2)9-10-17-7-3-4-8-17/h13,15,18H,3-12H2,1-2H3. The van der Waals surface area contributed by atoms with Crippen LogP contribution < -0.4 is 5.32 Å². The minimum atomic E-state index is -0.138. The Balaban J connectivity index is 1.68. The number of likely N-dealkylation sites (N-methyl/N-ethyl adjacent to an activating group) is 1. The van der Waals surface area contributed by atoms with Gasteiger partial charge in [-0.15, -0.1) is 0 Å². The summed E-state index contributed by atoms with van der Waals surface area (Å²) in [7, 11) is 2.17. The first-order chi connectivity index (χ1) is 8.61. The lowest BCUT2D eigenvalue weighted by molar-refractivity contribution is 0.125. The summed E-state index contributed by atoms with van der Waals surface area (Å²) in [6.45, 7) is 8.09. The van der Waals surface area contributed by atoms with Crippen LogP contribution in [0.5, 0.6) is 0 Å². The summed E-state index contributed by atoms with van der Waals surface area (Å²) in [5, 5.41) is 13.2. The van der Waals surface area contributed by atoms with Gasteiger partial charge in [0, 0.05) is 25.7 Å². The predicted molar refractivity (Wildman–Crippen MR) is 74.8 cm³/mol. The zero-order valence-electron chi connectivity index (χ0n) is 12.0. The zero-order chi connectivity index (χ0) is 13.0. The second-order valence-corrected chi connectivity index (χ2v) is 6.42. The van der Waals surface area contributed by atoms with Gasteiger partial charge in [0.25, 0.3) is 0 Å². The molecular weight excluding hydrogens is 226 g/mol. The first-order valence-corrected chi connectivity index (χ1v) is 7.41. The number of nitrogens with zero attached hydrogens (tertiary/aromatic N) is 2. The highest BCUT2D eigenvalue weighted by Gasteiger charge is 2.32. The van der Waals surface area contributed by atoms with E-state index in [4.69, 9.17) is 0 Å². The molecule has 18 heavy (non-hydrogen) atoms. The van der Waals surface area contributed by atoms with Crippen LogP contribution in [0.4, 0.5) is 0 Å². The fourth-order valence-electron chi connectivity index (χ4n) is 2.85. The van der Waals surface area contributed by atoms with E-state index in [1.54, 1.807) is 0 Å². The van der Waals surface area contributed by atoms with E-state index in [1.807, 2.05) is 0 Å². The molecule has 1 aliphatic carbocycles. The molecule has 2 rings (SSSR count). The molecule has 4 heteroatoms. The van der Waals surface area contributed by atoms with Gasteiger partial charge >= 0.3 is 0 Å². The molecule has 2 N–H and O–H groups in total. The van der Waals surface area contributed by atoms with Crippen molar-refractivity contribution >= 4 is 0 Å². The zero-order valence-corrected chi connectivity index (χ0v) is 12.0. The molecule has 1 atom stereocenters. The van der Waals surface area contributed by atoms with Crippen LogP contribution in [0.25, 0.3) is 0 Å². The third-order valence-electron chi connectivity index (χ3n) is 4.09. The van der Waals surface area contributed by atoms with Crippen LogP contribution in [0, 0.1) is 0 Å². The van der Waals surface area contributed by atoms with E-state index in [2.05, 4.69) is 29.1 Å². The van der Waals surface area contributed by atoms with E-state index in [-0.39, 0.29) is 12.1 Å². The van der Waals surface area contributed by atoms with Crippen molar-refractivity contribution in [1.82, 2.24) is 15.1 Å². The van der Waals surface area contributed by atoms with Crippen molar-refractivity contribution in [2.45, 2.75) is 44.2 Å². The van der Waals surface area contributed by atoms with E-state index >= 15 is 0 Å². The Morgan fingerprint density at radius 1 is 1.33 bits per heavy atom. The van der Waals surface area contributed by atoms with Gasteiger partial charge in [-0.3, -0.25) is 0 Å². The topological polar surface area (TPSA) is 38.7 Å². The first-order valence-electron chi connectivity index (χ1n) is 7.41. The van der Waals surface area contributed by atoms with Crippen LogP contribution in [-0.2, 0) is 0 Å². The van der Waals surface area contributed by atoms with Crippen molar-refractivity contribution in [3.8, 4) is 0 Å². The monoisotopic (exact) mass is 255 g/mol. The van der Waals surface area contributed by atoms with Gasteiger partial charge in [0.05, 0.1) is 12.1 Å². The van der Waals surface area contributed by atoms with Crippen LogP contribution in [0.2, 0.25) is 0 Å². The van der Waals surface area contributed by atoms with E-state index in [9.17, 15) is 5.11 Å². The third-order valence-corrected chi connectivity index (χ3v) is 4.09. The molecular formula is C14H29N3O. The molecule has 1 aliphatic heterocycles. The van der Waals surface area contributed by atoms with Gasteiger partial charge in [-0.05, 0) is 52.7 Å². The van der Waals surface area contributed by atoms with Gasteiger partial charge in [0.2, 0.25) is 0 Å². The molecule has 0 aromatic carbocycles. The van der Waals surface area contributed by atoms with Crippen molar-refractivity contribution in [3.05, 3.63) is 0 Å². The highest BCUT2D eigenvalue weighted by Crippen LogP contribution is 2.22. The molecule has 0 radical (unpaired) electrons. The van der Waals surface area contributed by atoms with Crippen LogP contribution in [0.1, 0.15) is 32.6 Å². The summed E-state index contributed by atoms with van der Waals surface area (Å²) < 4.78 is 0. The Labute approximate surface area is 111 Å². The van der Waals surface area contributed by atoms with Gasteiger partial charge < -0.3 is 20.2 Å². The summed E-state index contributed by atoms with van der Waals surface area (Å²) in [6, 6.07) is 0.647. The van der Waals surface area contributed by atoms with Gasteiger partial charge in [0.15, 0.2) is 0 Å². The summed E-state index contributed by atoms with van der Waals surface area (Å²) in [5.74, 6) is 0. The predicted octanol–water partition coefficient (Wildman–Crippen LogP) is 0.517. The second-order valence-electron chi connectivity index (χ2n) is 6.42. The number of hydrogen-bond donors (Lipinski definition) is 2. The number of rotatable bonds is 8. The van der Waals surface area contributed by atoms with Crippen molar-refractivity contribution in [1.29, 1.82) is 0 Å². The molecule has 1 unspecified atom stereocenters. The maximum atomic E-state index is 9.59. The fraction of sp³-hybridized carbons (Fsp3) is 1.00. The molecule has 0 spiro atoms. The van der Waals surface area contributed by atoms with E-state index in [1.165, 1.54) is 45.3 Å². The van der Waals surface area contributed by atoms with Crippen LogP contribution in [0.15, 0.2) is 0 Å². The quantitative estimate of drug-likeness (QED) is 0.663. The summed E-state index contributed by atoms with van der Waals surface area (Å²) >= 11 is 0. The lowest BCUT2D eigenvalue weighted by Crippen LogP contribution is -2.54. The van der Waals surface area contributed by atoms with E-state index < -0.39 is 0 Å². The Morgan fingerprint density at radius 2 is 2.00 bits per heavy atom. The largest absolute Gasteiger partial charge is 0.394 e. The number of likely N-dealkylation sites (tertiary alicyclic amines) is 1. The van der Waals surface area contributed by atoms with Crippen LogP contribution in [0.3, 0.4) is 0 Å². The maximum absolute atomic E-state index is 9.59. The van der Waals surface area contributed by atoms with Gasteiger partial charge in [-0.1, -0.05) is 0 Å². The maximum Gasteiger partial charge on any atom is 0.0623 e. The number of aliphatic hydroxyl groups excluding tert-OH is 1. The van der Waals surface area contributed by atoms with Crippen LogP contribution >= 0.6 is 0 Å². The molecule has 1 saturated heterocycles. The SMILES string of the molecule is CN(CCN1CCCC1)CC(C)(CO)NC1CC1. The molecule has 0 bridgehead atoms. The number of hydrogen-bond acceptors (Lipinski definition) is 4. The summed E-state index contributed by atoms with van der Waals surface area (Å²) in [5.41, 5.74) is -0.138. The third kappa shape index (κ3) is 4.50. The average molecular weight is 255 g/mol. The van der Waals surface area contributed by atoms with Crippen molar-refractivity contribution in [2.75, 3.05) is 46.4 Å². The van der Waals surface area contributed by atoms with Crippen molar-refractivity contribution in [2.24, 2.45) is 0 Å². The normalized spacial score (nSPS) is 24.7. The van der Waals surface area contributed by atoms with Crippen molar-refractivity contribution in [3.63, 3.8) is 0 Å². The lowest BCUT2D eigenvalue weighted by Gasteiger charge is -2.34. The summed E-state index contributed by atoms with van der Waals surface area (Å²) in [4.78, 5) is 4.89. The Morgan fingerprint density at radius 3 is 2.56 bits per heavy atom.